The number of carbonyl (C=O) groups excluding carboxylic acids is 2. The van der Waals surface area contributed by atoms with Crippen molar-refractivity contribution in [2.75, 3.05) is 23.8 Å². The van der Waals surface area contributed by atoms with Crippen LogP contribution < -0.4 is 16.0 Å². The van der Waals surface area contributed by atoms with E-state index in [9.17, 15) is 9.59 Å². The normalized spacial score (nSPS) is 15.2. The summed E-state index contributed by atoms with van der Waals surface area (Å²) in [6.45, 7) is 3.26. The molecule has 4 rings (SSSR count). The molecule has 1 aromatic heterocycles. The van der Waals surface area contributed by atoms with E-state index in [-0.39, 0.29) is 24.5 Å². The second kappa shape index (κ2) is 10.7. The van der Waals surface area contributed by atoms with Crippen molar-refractivity contribution in [1.29, 1.82) is 0 Å². The second-order valence-corrected chi connectivity index (χ2v) is 7.96. The van der Waals surface area contributed by atoms with E-state index in [0.717, 1.165) is 30.6 Å². The molecule has 33 heavy (non-hydrogen) atoms. The molecule has 0 radical (unpaired) electrons. The maximum Gasteiger partial charge on any atom is 0.319 e. The molecule has 1 fully saturated rings. The van der Waals surface area contributed by atoms with Crippen LogP contribution in [0.4, 0.5) is 16.2 Å². The van der Waals surface area contributed by atoms with Crippen LogP contribution in [0.15, 0.2) is 52.9 Å². The number of rotatable bonds is 8. The minimum Gasteiger partial charge on any atom is -0.421 e. The smallest absolute Gasteiger partial charge is 0.319 e. The van der Waals surface area contributed by atoms with Crippen molar-refractivity contribution in [3.63, 3.8) is 0 Å². The van der Waals surface area contributed by atoms with E-state index in [1.807, 2.05) is 31.2 Å². The van der Waals surface area contributed by atoms with Gasteiger partial charge in [0.05, 0.1) is 6.10 Å². The molecule has 1 aliphatic rings. The van der Waals surface area contributed by atoms with Gasteiger partial charge in [-0.05, 0) is 56.2 Å². The van der Waals surface area contributed by atoms with Gasteiger partial charge in [-0.25, -0.2) is 4.79 Å². The highest BCUT2D eigenvalue weighted by Gasteiger charge is 2.16. The Morgan fingerprint density at radius 1 is 1.00 bits per heavy atom. The number of hydrogen-bond donors (Lipinski definition) is 3. The highest BCUT2D eigenvalue weighted by Crippen LogP contribution is 2.19. The molecule has 3 N–H and O–H groups in total. The Morgan fingerprint density at radius 2 is 1.73 bits per heavy atom. The Hall–Kier alpha value is -3.72. The first-order chi connectivity index (χ1) is 16.0. The summed E-state index contributed by atoms with van der Waals surface area (Å²) >= 11 is 0. The van der Waals surface area contributed by atoms with Gasteiger partial charge in [0, 0.05) is 42.9 Å². The highest BCUT2D eigenvalue weighted by atomic mass is 16.5. The predicted molar refractivity (Wildman–Crippen MR) is 124 cm³/mol. The molecule has 0 spiro atoms. The lowest BCUT2D eigenvalue weighted by Gasteiger charge is -2.12. The number of hydrogen-bond acceptors (Lipinski definition) is 6. The number of benzene rings is 2. The minimum atomic E-state index is -0.285. The monoisotopic (exact) mass is 449 g/mol. The lowest BCUT2D eigenvalue weighted by Crippen LogP contribution is -2.35. The van der Waals surface area contributed by atoms with Crippen molar-refractivity contribution in [2.24, 2.45) is 0 Å². The second-order valence-electron chi connectivity index (χ2n) is 7.96. The molecule has 0 aliphatic carbocycles. The zero-order valence-corrected chi connectivity index (χ0v) is 18.5. The molecule has 3 amide bonds. The van der Waals surface area contributed by atoms with E-state index < -0.39 is 0 Å². The molecule has 1 saturated heterocycles. The van der Waals surface area contributed by atoms with E-state index in [1.54, 1.807) is 24.3 Å². The van der Waals surface area contributed by atoms with Crippen molar-refractivity contribution < 1.29 is 18.7 Å². The number of aryl methyl sites for hydroxylation is 2. The summed E-state index contributed by atoms with van der Waals surface area (Å²) in [5, 5.41) is 16.5. The summed E-state index contributed by atoms with van der Waals surface area (Å²) in [6, 6.07) is 14.4. The molecule has 9 nitrogen and oxygen atoms in total. The summed E-state index contributed by atoms with van der Waals surface area (Å²) in [4.78, 5) is 24.3. The molecule has 2 aromatic carbocycles. The first-order valence-corrected chi connectivity index (χ1v) is 11.0. The first kappa shape index (κ1) is 22.5. The average molecular weight is 450 g/mol. The number of amides is 3. The SMILES string of the molecule is Cc1ccc(-c2nnc(CCC(=O)Nc3ccc(NC(=O)NC[C@@H]4CCCO4)cc3)o2)cc1. The van der Waals surface area contributed by atoms with Crippen LogP contribution in [0.5, 0.6) is 0 Å². The number of nitrogens with one attached hydrogen (secondary N) is 3. The van der Waals surface area contributed by atoms with Crippen molar-refractivity contribution in [3.8, 4) is 11.5 Å². The van der Waals surface area contributed by atoms with Gasteiger partial charge in [0.2, 0.25) is 17.7 Å². The van der Waals surface area contributed by atoms with Gasteiger partial charge in [0.25, 0.3) is 0 Å². The summed E-state index contributed by atoms with van der Waals surface area (Å²) < 4.78 is 11.1. The molecular weight excluding hydrogens is 422 g/mol. The van der Waals surface area contributed by atoms with Gasteiger partial charge in [0.15, 0.2) is 0 Å². The van der Waals surface area contributed by atoms with Crippen LogP contribution in [0.2, 0.25) is 0 Å². The lowest BCUT2D eigenvalue weighted by molar-refractivity contribution is -0.116. The summed E-state index contributed by atoms with van der Waals surface area (Å²) in [6.07, 6.45) is 2.64. The van der Waals surface area contributed by atoms with Gasteiger partial charge in [0.1, 0.15) is 0 Å². The van der Waals surface area contributed by atoms with E-state index in [4.69, 9.17) is 9.15 Å². The van der Waals surface area contributed by atoms with Crippen molar-refractivity contribution in [3.05, 3.63) is 60.0 Å². The number of nitrogens with zero attached hydrogens (tertiary/aromatic N) is 2. The van der Waals surface area contributed by atoms with Gasteiger partial charge in [-0.15, -0.1) is 10.2 Å². The van der Waals surface area contributed by atoms with Gasteiger partial charge < -0.3 is 25.1 Å². The molecule has 0 saturated carbocycles. The zero-order valence-electron chi connectivity index (χ0n) is 18.5. The summed E-state index contributed by atoms with van der Waals surface area (Å²) in [5.41, 5.74) is 3.26. The van der Waals surface area contributed by atoms with Crippen LogP contribution in [-0.2, 0) is 16.0 Å². The maximum absolute atomic E-state index is 12.3. The van der Waals surface area contributed by atoms with Crippen LogP contribution in [0.25, 0.3) is 11.5 Å². The molecule has 1 atom stereocenters. The highest BCUT2D eigenvalue weighted by molar-refractivity contribution is 5.92. The van der Waals surface area contributed by atoms with Crippen LogP contribution in [0, 0.1) is 6.92 Å². The van der Waals surface area contributed by atoms with E-state index in [2.05, 4.69) is 26.1 Å². The number of anilines is 2. The quantitative estimate of drug-likeness (QED) is 0.480. The van der Waals surface area contributed by atoms with E-state index >= 15 is 0 Å². The van der Waals surface area contributed by atoms with Crippen molar-refractivity contribution >= 4 is 23.3 Å². The van der Waals surface area contributed by atoms with Gasteiger partial charge in [-0.1, -0.05) is 17.7 Å². The van der Waals surface area contributed by atoms with Crippen molar-refractivity contribution in [1.82, 2.24) is 15.5 Å². The number of carbonyl (C=O) groups is 2. The molecule has 172 valence electrons. The molecular formula is C24H27N5O4. The number of urea groups is 1. The summed E-state index contributed by atoms with van der Waals surface area (Å²) in [5.74, 6) is 0.683. The number of ether oxygens (including phenoxy) is 1. The fraction of sp³-hybridized carbons (Fsp3) is 0.333. The predicted octanol–water partition coefficient (Wildman–Crippen LogP) is 3.92. The molecule has 1 aliphatic heterocycles. The average Bonchev–Trinajstić information content (AvgIpc) is 3.51. The van der Waals surface area contributed by atoms with Crippen LogP contribution >= 0.6 is 0 Å². The van der Waals surface area contributed by atoms with Gasteiger partial charge in [-0.3, -0.25) is 4.79 Å². The molecule has 0 unspecified atom stereocenters. The van der Waals surface area contributed by atoms with Crippen LogP contribution in [-0.4, -0.2) is 41.4 Å². The Labute approximate surface area is 191 Å². The fourth-order valence-electron chi connectivity index (χ4n) is 3.44. The zero-order chi connectivity index (χ0) is 23.0. The standard InChI is InChI=1S/C24H27N5O4/c1-16-4-6-17(7-5-16)23-29-28-22(33-23)13-12-21(30)26-18-8-10-19(11-9-18)27-24(31)25-15-20-3-2-14-32-20/h4-11,20H,2-3,12-15H2,1H3,(H,26,30)(H2,25,27,31)/t20-/m0/s1. The van der Waals surface area contributed by atoms with E-state index in [0.29, 0.717) is 36.1 Å². The Morgan fingerprint density at radius 3 is 2.42 bits per heavy atom. The van der Waals surface area contributed by atoms with Gasteiger partial charge in [-0.2, -0.15) is 0 Å². The molecule has 0 bridgehead atoms. The topological polar surface area (TPSA) is 118 Å². The van der Waals surface area contributed by atoms with Gasteiger partial charge >= 0.3 is 6.03 Å². The molecule has 9 heteroatoms. The van der Waals surface area contributed by atoms with Crippen molar-refractivity contribution in [2.45, 2.75) is 38.7 Å². The Kier molecular flexibility index (Phi) is 7.31. The minimum absolute atomic E-state index is 0.0923. The third-order valence-corrected chi connectivity index (χ3v) is 5.27. The fourth-order valence-corrected chi connectivity index (χ4v) is 3.44. The van der Waals surface area contributed by atoms with Crippen LogP contribution in [0.1, 0.15) is 30.7 Å². The first-order valence-electron chi connectivity index (χ1n) is 11.0. The maximum atomic E-state index is 12.3. The third kappa shape index (κ3) is 6.63. The summed E-state index contributed by atoms with van der Waals surface area (Å²) in [7, 11) is 0. The third-order valence-electron chi connectivity index (χ3n) is 5.27. The van der Waals surface area contributed by atoms with Crippen LogP contribution in [0.3, 0.4) is 0 Å². The Balaban J connectivity index is 1.20. The molecule has 3 aromatic rings. The largest absolute Gasteiger partial charge is 0.421 e. The van der Waals surface area contributed by atoms with E-state index in [1.165, 1.54) is 0 Å². The Bertz CT molecular complexity index is 1070. The number of aromatic nitrogens is 2. The lowest BCUT2D eigenvalue weighted by atomic mass is 10.1. The molecule has 2 heterocycles.